The highest BCUT2D eigenvalue weighted by molar-refractivity contribution is 7.13. The van der Waals surface area contributed by atoms with Crippen LogP contribution in [-0.4, -0.2) is 28.1 Å². The number of furan rings is 1. The first-order chi connectivity index (χ1) is 10.3. The van der Waals surface area contributed by atoms with Crippen LogP contribution in [0.3, 0.4) is 0 Å². The average Bonchev–Trinajstić information content (AvgIpc) is 3.05. The summed E-state index contributed by atoms with van der Waals surface area (Å²) in [5, 5.41) is 15.5. The third kappa shape index (κ3) is 4.18. The Kier molecular flexibility index (Phi) is 5.03. The summed E-state index contributed by atoms with van der Waals surface area (Å²) >= 11 is 1.45. The number of hydrogen-bond donors (Lipinski definition) is 2. The molecule has 2 aromatic rings. The van der Waals surface area contributed by atoms with Crippen LogP contribution in [0.1, 0.15) is 32.2 Å². The van der Waals surface area contributed by atoms with Crippen molar-refractivity contribution in [2.24, 2.45) is 5.92 Å². The molecular formula is C16H22N2O3S. The molecule has 0 aliphatic heterocycles. The molecule has 2 aromatic heterocycles. The number of amides is 1. The first-order valence-electron chi connectivity index (χ1n) is 7.28. The number of nitrogens with zero attached hydrogens (tertiary/aromatic N) is 1. The van der Waals surface area contributed by atoms with Gasteiger partial charge in [0.1, 0.15) is 5.76 Å². The maximum absolute atomic E-state index is 12.0. The molecule has 0 bridgehead atoms. The number of aromatic nitrogens is 1. The van der Waals surface area contributed by atoms with Gasteiger partial charge in [-0.05, 0) is 31.9 Å². The number of nitrogens with one attached hydrogen (secondary N) is 1. The van der Waals surface area contributed by atoms with E-state index >= 15 is 0 Å². The zero-order valence-corrected chi connectivity index (χ0v) is 14.2. The lowest BCUT2D eigenvalue weighted by Crippen LogP contribution is -2.44. The molecule has 1 atom stereocenters. The molecule has 2 N–H and O–H groups in total. The number of aliphatic hydroxyl groups is 1. The van der Waals surface area contributed by atoms with Gasteiger partial charge in [0.15, 0.2) is 10.8 Å². The van der Waals surface area contributed by atoms with Crippen molar-refractivity contribution in [3.8, 4) is 10.8 Å². The maximum Gasteiger partial charge on any atom is 0.226 e. The van der Waals surface area contributed by atoms with E-state index in [-0.39, 0.29) is 24.8 Å². The monoisotopic (exact) mass is 322 g/mol. The van der Waals surface area contributed by atoms with Crippen molar-refractivity contribution in [1.29, 1.82) is 0 Å². The summed E-state index contributed by atoms with van der Waals surface area (Å²) in [5.41, 5.74) is -0.204. The summed E-state index contributed by atoms with van der Waals surface area (Å²) in [6.07, 6.45) is 0.199. The van der Waals surface area contributed by atoms with Crippen molar-refractivity contribution < 1.29 is 14.3 Å². The van der Waals surface area contributed by atoms with E-state index in [2.05, 4.69) is 10.3 Å². The normalized spacial score (nSPS) is 14.1. The van der Waals surface area contributed by atoms with Crippen LogP contribution in [0.2, 0.25) is 0 Å². The molecule has 2 rings (SSSR count). The Bertz CT molecular complexity index is 643. The molecule has 0 aliphatic carbocycles. The van der Waals surface area contributed by atoms with Crippen molar-refractivity contribution in [3.05, 3.63) is 29.0 Å². The highest BCUT2D eigenvalue weighted by Gasteiger charge is 2.25. The SMILES string of the molecule is Cc1ccc(-c2nc(CC(=O)NCC(C)(O)C(C)C)cs2)o1. The molecule has 0 aromatic carbocycles. The summed E-state index contributed by atoms with van der Waals surface area (Å²) in [5.74, 6) is 1.48. The van der Waals surface area contributed by atoms with Crippen LogP contribution in [0.4, 0.5) is 0 Å². The van der Waals surface area contributed by atoms with Crippen molar-refractivity contribution in [1.82, 2.24) is 10.3 Å². The first-order valence-corrected chi connectivity index (χ1v) is 8.16. The van der Waals surface area contributed by atoms with Gasteiger partial charge in [-0.15, -0.1) is 11.3 Å². The molecule has 0 saturated carbocycles. The summed E-state index contributed by atoms with van der Waals surface area (Å²) in [6, 6.07) is 3.76. The number of thiazole rings is 1. The Morgan fingerprint density at radius 1 is 1.50 bits per heavy atom. The van der Waals surface area contributed by atoms with Crippen LogP contribution in [0, 0.1) is 12.8 Å². The van der Waals surface area contributed by atoms with Gasteiger partial charge >= 0.3 is 0 Å². The van der Waals surface area contributed by atoms with Crippen LogP contribution in [0.15, 0.2) is 21.9 Å². The minimum atomic E-state index is -0.908. The molecular weight excluding hydrogens is 300 g/mol. The molecule has 0 aliphatic rings. The molecule has 2 heterocycles. The van der Waals surface area contributed by atoms with Crippen molar-refractivity contribution in [3.63, 3.8) is 0 Å². The average molecular weight is 322 g/mol. The number of rotatable bonds is 6. The number of carbonyl (C=O) groups is 1. The standard InChI is InChI=1S/C16H22N2O3S/c1-10(2)16(4,20)9-17-14(19)7-12-8-22-15(18-12)13-6-5-11(3)21-13/h5-6,8,10,20H,7,9H2,1-4H3,(H,17,19). The lowest BCUT2D eigenvalue weighted by Gasteiger charge is -2.27. The zero-order valence-electron chi connectivity index (χ0n) is 13.3. The Morgan fingerprint density at radius 3 is 2.82 bits per heavy atom. The summed E-state index contributed by atoms with van der Waals surface area (Å²) in [4.78, 5) is 16.4. The number of aryl methyl sites for hydroxylation is 1. The lowest BCUT2D eigenvalue weighted by atomic mass is 9.92. The molecule has 0 radical (unpaired) electrons. The molecule has 0 fully saturated rings. The lowest BCUT2D eigenvalue weighted by molar-refractivity contribution is -0.122. The van der Waals surface area contributed by atoms with Crippen molar-refractivity contribution >= 4 is 17.2 Å². The number of hydrogen-bond acceptors (Lipinski definition) is 5. The Hall–Kier alpha value is -1.66. The molecule has 0 spiro atoms. The highest BCUT2D eigenvalue weighted by atomic mass is 32.1. The van der Waals surface area contributed by atoms with Crippen molar-refractivity contribution in [2.45, 2.75) is 39.7 Å². The smallest absolute Gasteiger partial charge is 0.226 e. The van der Waals surface area contributed by atoms with Crippen LogP contribution in [0.25, 0.3) is 10.8 Å². The molecule has 22 heavy (non-hydrogen) atoms. The predicted octanol–water partition coefficient (Wildman–Crippen LogP) is 2.78. The Balaban J connectivity index is 1.91. The van der Waals surface area contributed by atoms with Gasteiger partial charge in [-0.2, -0.15) is 0 Å². The predicted molar refractivity (Wildman–Crippen MR) is 86.7 cm³/mol. The molecule has 5 nitrogen and oxygen atoms in total. The zero-order chi connectivity index (χ0) is 16.3. The van der Waals surface area contributed by atoms with Crippen LogP contribution < -0.4 is 5.32 Å². The third-order valence-corrected chi connectivity index (χ3v) is 4.64. The van der Waals surface area contributed by atoms with E-state index in [9.17, 15) is 9.90 Å². The fourth-order valence-corrected chi connectivity index (χ4v) is 2.54. The minimum absolute atomic E-state index is 0.0702. The van der Waals surface area contributed by atoms with E-state index in [1.807, 2.05) is 38.3 Å². The van der Waals surface area contributed by atoms with Gasteiger partial charge in [0.2, 0.25) is 5.91 Å². The van der Waals surface area contributed by atoms with Crippen LogP contribution >= 0.6 is 11.3 Å². The summed E-state index contributed by atoms with van der Waals surface area (Å²) in [7, 11) is 0. The second kappa shape index (κ2) is 6.62. The van der Waals surface area contributed by atoms with Gasteiger partial charge in [0.25, 0.3) is 0 Å². The Morgan fingerprint density at radius 2 is 2.23 bits per heavy atom. The quantitative estimate of drug-likeness (QED) is 0.857. The van der Waals surface area contributed by atoms with E-state index < -0.39 is 5.60 Å². The summed E-state index contributed by atoms with van der Waals surface area (Å²) < 4.78 is 5.52. The van der Waals surface area contributed by atoms with Gasteiger partial charge in [-0.25, -0.2) is 4.98 Å². The van der Waals surface area contributed by atoms with E-state index in [0.29, 0.717) is 5.69 Å². The fraction of sp³-hybridized carbons (Fsp3) is 0.500. The molecule has 6 heteroatoms. The molecule has 1 amide bonds. The first kappa shape index (κ1) is 16.7. The second-order valence-electron chi connectivity index (χ2n) is 6.02. The van der Waals surface area contributed by atoms with Gasteiger partial charge in [-0.1, -0.05) is 13.8 Å². The Labute approximate surface area is 134 Å². The van der Waals surface area contributed by atoms with E-state index in [4.69, 9.17) is 4.42 Å². The fourth-order valence-electron chi connectivity index (χ4n) is 1.76. The van der Waals surface area contributed by atoms with Crippen molar-refractivity contribution in [2.75, 3.05) is 6.54 Å². The van der Waals surface area contributed by atoms with Gasteiger partial charge < -0.3 is 14.8 Å². The topological polar surface area (TPSA) is 75.4 Å². The molecule has 120 valence electrons. The third-order valence-electron chi connectivity index (χ3n) is 3.73. The molecule has 1 unspecified atom stereocenters. The van der Waals surface area contributed by atoms with Crippen LogP contribution in [0.5, 0.6) is 0 Å². The highest BCUT2D eigenvalue weighted by Crippen LogP contribution is 2.25. The van der Waals surface area contributed by atoms with E-state index in [1.165, 1.54) is 11.3 Å². The molecule has 0 saturated heterocycles. The minimum Gasteiger partial charge on any atom is -0.459 e. The summed E-state index contributed by atoms with van der Waals surface area (Å²) in [6.45, 7) is 7.68. The van der Waals surface area contributed by atoms with Gasteiger partial charge in [0.05, 0.1) is 17.7 Å². The van der Waals surface area contributed by atoms with E-state index in [1.54, 1.807) is 6.92 Å². The van der Waals surface area contributed by atoms with Gasteiger partial charge in [-0.3, -0.25) is 4.79 Å². The van der Waals surface area contributed by atoms with Gasteiger partial charge in [0, 0.05) is 11.9 Å². The number of carbonyl (C=O) groups excluding carboxylic acids is 1. The maximum atomic E-state index is 12.0. The largest absolute Gasteiger partial charge is 0.459 e. The second-order valence-corrected chi connectivity index (χ2v) is 6.88. The van der Waals surface area contributed by atoms with Crippen LogP contribution in [-0.2, 0) is 11.2 Å². The van der Waals surface area contributed by atoms with E-state index in [0.717, 1.165) is 16.5 Å².